The Labute approximate surface area is 154 Å². The molecule has 1 atom stereocenters. The number of anilines is 1. The van der Waals surface area contributed by atoms with Gasteiger partial charge in [0.05, 0.1) is 18.6 Å². The lowest BCUT2D eigenvalue weighted by Gasteiger charge is -2.32. The maximum Gasteiger partial charge on any atom is 0.253 e. The SMILES string of the molecule is Cc1cc(C(=O)N2CC[C@@]3(CCCNC3=O)C2)ccc1N1CCOCC1. The van der Waals surface area contributed by atoms with Gasteiger partial charge in [-0.05, 0) is 49.9 Å². The zero-order valence-corrected chi connectivity index (χ0v) is 15.4. The molecule has 0 bridgehead atoms. The molecule has 3 aliphatic heterocycles. The van der Waals surface area contributed by atoms with Crippen LogP contribution in [0.5, 0.6) is 0 Å². The smallest absolute Gasteiger partial charge is 0.253 e. The summed E-state index contributed by atoms with van der Waals surface area (Å²) in [5.74, 6) is 0.162. The van der Waals surface area contributed by atoms with Gasteiger partial charge in [0, 0.05) is 44.0 Å². The van der Waals surface area contributed by atoms with Crippen LogP contribution in [0.15, 0.2) is 18.2 Å². The maximum absolute atomic E-state index is 13.0. The summed E-state index contributed by atoms with van der Waals surface area (Å²) in [5.41, 5.74) is 2.64. The van der Waals surface area contributed by atoms with E-state index in [4.69, 9.17) is 4.74 Å². The number of carbonyl (C=O) groups is 2. The first kappa shape index (κ1) is 17.3. The summed E-state index contributed by atoms with van der Waals surface area (Å²) in [6.07, 6.45) is 2.66. The van der Waals surface area contributed by atoms with Crippen LogP contribution in [0.25, 0.3) is 0 Å². The molecule has 4 rings (SSSR count). The summed E-state index contributed by atoms with van der Waals surface area (Å²) in [6.45, 7) is 7.29. The number of piperidine rings is 1. The average Bonchev–Trinajstić information content (AvgIpc) is 3.09. The van der Waals surface area contributed by atoms with Gasteiger partial charge in [-0.3, -0.25) is 9.59 Å². The van der Waals surface area contributed by atoms with Crippen LogP contribution in [0.1, 0.15) is 35.2 Å². The number of carbonyl (C=O) groups excluding carboxylic acids is 2. The predicted molar refractivity (Wildman–Crippen MR) is 99.4 cm³/mol. The largest absolute Gasteiger partial charge is 0.378 e. The van der Waals surface area contributed by atoms with Gasteiger partial charge in [-0.15, -0.1) is 0 Å². The number of ether oxygens (including phenoxy) is 1. The number of aryl methyl sites for hydroxylation is 1. The molecule has 6 nitrogen and oxygen atoms in total. The molecule has 3 fully saturated rings. The van der Waals surface area contributed by atoms with Crippen molar-refractivity contribution in [3.63, 3.8) is 0 Å². The molecule has 3 saturated heterocycles. The molecule has 1 N–H and O–H groups in total. The summed E-state index contributed by atoms with van der Waals surface area (Å²) >= 11 is 0. The number of morpholine rings is 1. The molecule has 140 valence electrons. The molecule has 6 heteroatoms. The first-order valence-electron chi connectivity index (χ1n) is 9.60. The van der Waals surface area contributed by atoms with Gasteiger partial charge >= 0.3 is 0 Å². The standard InChI is InChI=1S/C20H27N3O3/c1-15-13-16(3-4-17(15)22-9-11-26-12-10-22)18(24)23-8-6-20(14-23)5-2-7-21-19(20)25/h3-4,13H,2,5-12,14H2,1H3,(H,21,25)/t20-/m0/s1. The van der Waals surface area contributed by atoms with Gasteiger partial charge in [0.2, 0.25) is 5.91 Å². The Kier molecular flexibility index (Phi) is 4.61. The minimum Gasteiger partial charge on any atom is -0.378 e. The van der Waals surface area contributed by atoms with Crippen molar-refractivity contribution in [3.05, 3.63) is 29.3 Å². The minimum atomic E-state index is -0.364. The normalized spacial score (nSPS) is 26.3. The number of hydrogen-bond acceptors (Lipinski definition) is 4. The van der Waals surface area contributed by atoms with E-state index in [-0.39, 0.29) is 17.2 Å². The molecule has 0 aromatic heterocycles. The fraction of sp³-hybridized carbons (Fsp3) is 0.600. The van der Waals surface area contributed by atoms with Crippen molar-refractivity contribution in [1.29, 1.82) is 0 Å². The average molecular weight is 357 g/mol. The summed E-state index contributed by atoms with van der Waals surface area (Å²) in [5, 5.41) is 2.97. The number of likely N-dealkylation sites (tertiary alicyclic amines) is 1. The molecule has 0 radical (unpaired) electrons. The first-order valence-corrected chi connectivity index (χ1v) is 9.60. The van der Waals surface area contributed by atoms with Gasteiger partial charge in [0.15, 0.2) is 0 Å². The van der Waals surface area contributed by atoms with Crippen LogP contribution in [-0.4, -0.2) is 62.7 Å². The van der Waals surface area contributed by atoms with Crippen LogP contribution in [0.4, 0.5) is 5.69 Å². The molecule has 0 aliphatic carbocycles. The zero-order chi connectivity index (χ0) is 18.1. The Bertz CT molecular complexity index is 714. The fourth-order valence-corrected chi connectivity index (χ4v) is 4.50. The number of nitrogens with one attached hydrogen (secondary N) is 1. The quantitative estimate of drug-likeness (QED) is 0.873. The van der Waals surface area contributed by atoms with E-state index in [1.54, 1.807) is 0 Å². The Balaban J connectivity index is 1.48. The first-order chi connectivity index (χ1) is 12.6. The van der Waals surface area contributed by atoms with Crippen molar-refractivity contribution in [2.24, 2.45) is 5.41 Å². The number of nitrogens with zero attached hydrogens (tertiary/aromatic N) is 2. The molecule has 1 aromatic carbocycles. The summed E-state index contributed by atoms with van der Waals surface area (Å²) in [7, 11) is 0. The maximum atomic E-state index is 13.0. The topological polar surface area (TPSA) is 61.9 Å². The lowest BCUT2D eigenvalue weighted by atomic mass is 9.79. The molecular formula is C20H27N3O3. The van der Waals surface area contributed by atoms with Gasteiger partial charge in [0.25, 0.3) is 5.91 Å². The lowest BCUT2D eigenvalue weighted by molar-refractivity contribution is -0.132. The van der Waals surface area contributed by atoms with Gasteiger partial charge < -0.3 is 19.9 Å². The second-order valence-corrected chi connectivity index (χ2v) is 7.72. The molecular weight excluding hydrogens is 330 g/mol. The number of rotatable bonds is 2. The highest BCUT2D eigenvalue weighted by Gasteiger charge is 2.46. The van der Waals surface area contributed by atoms with E-state index in [9.17, 15) is 9.59 Å². The minimum absolute atomic E-state index is 0.0388. The zero-order valence-electron chi connectivity index (χ0n) is 15.4. The van der Waals surface area contributed by atoms with E-state index in [0.29, 0.717) is 18.7 Å². The van der Waals surface area contributed by atoms with Gasteiger partial charge in [-0.1, -0.05) is 0 Å². The van der Waals surface area contributed by atoms with Crippen molar-refractivity contribution < 1.29 is 14.3 Å². The third-order valence-corrected chi connectivity index (χ3v) is 6.04. The monoisotopic (exact) mass is 357 g/mol. The Morgan fingerprint density at radius 2 is 2.00 bits per heavy atom. The van der Waals surface area contributed by atoms with Crippen LogP contribution in [-0.2, 0) is 9.53 Å². The van der Waals surface area contributed by atoms with Crippen molar-refractivity contribution >= 4 is 17.5 Å². The number of amides is 2. The molecule has 26 heavy (non-hydrogen) atoms. The third kappa shape index (κ3) is 3.07. The van der Waals surface area contributed by atoms with E-state index in [1.165, 1.54) is 5.69 Å². The molecule has 0 saturated carbocycles. The van der Waals surface area contributed by atoms with Crippen molar-refractivity contribution in [2.75, 3.05) is 50.8 Å². The van der Waals surface area contributed by atoms with Crippen LogP contribution in [0.2, 0.25) is 0 Å². The molecule has 3 heterocycles. The van der Waals surface area contributed by atoms with Gasteiger partial charge in [-0.2, -0.15) is 0 Å². The van der Waals surface area contributed by atoms with Gasteiger partial charge in [-0.25, -0.2) is 0 Å². The Hall–Kier alpha value is -2.08. The van der Waals surface area contributed by atoms with E-state index in [0.717, 1.165) is 57.7 Å². The predicted octanol–water partition coefficient (Wildman–Crippen LogP) is 1.57. The molecule has 3 aliphatic rings. The van der Waals surface area contributed by atoms with Crippen LogP contribution >= 0.6 is 0 Å². The van der Waals surface area contributed by atoms with Crippen molar-refractivity contribution in [3.8, 4) is 0 Å². The highest BCUT2D eigenvalue weighted by molar-refractivity contribution is 5.96. The molecule has 1 spiro atoms. The fourth-order valence-electron chi connectivity index (χ4n) is 4.50. The van der Waals surface area contributed by atoms with Crippen LogP contribution in [0.3, 0.4) is 0 Å². The van der Waals surface area contributed by atoms with Crippen molar-refractivity contribution in [2.45, 2.75) is 26.2 Å². The lowest BCUT2D eigenvalue weighted by Crippen LogP contribution is -2.47. The molecule has 1 aromatic rings. The highest BCUT2D eigenvalue weighted by Crippen LogP contribution is 2.38. The molecule has 0 unspecified atom stereocenters. The second kappa shape index (κ2) is 6.91. The number of hydrogen-bond donors (Lipinski definition) is 1. The Morgan fingerprint density at radius 1 is 1.19 bits per heavy atom. The van der Waals surface area contributed by atoms with E-state index >= 15 is 0 Å². The summed E-state index contributed by atoms with van der Waals surface area (Å²) in [4.78, 5) is 29.5. The number of benzene rings is 1. The summed E-state index contributed by atoms with van der Waals surface area (Å²) < 4.78 is 5.42. The second-order valence-electron chi connectivity index (χ2n) is 7.72. The summed E-state index contributed by atoms with van der Waals surface area (Å²) in [6, 6.07) is 5.96. The Morgan fingerprint density at radius 3 is 2.73 bits per heavy atom. The van der Waals surface area contributed by atoms with E-state index in [1.807, 2.05) is 23.1 Å². The van der Waals surface area contributed by atoms with E-state index < -0.39 is 0 Å². The van der Waals surface area contributed by atoms with Gasteiger partial charge in [0.1, 0.15) is 0 Å². The molecule has 2 amide bonds. The van der Waals surface area contributed by atoms with Crippen LogP contribution < -0.4 is 10.2 Å². The van der Waals surface area contributed by atoms with Crippen LogP contribution in [0, 0.1) is 12.3 Å². The highest BCUT2D eigenvalue weighted by atomic mass is 16.5. The third-order valence-electron chi connectivity index (χ3n) is 6.04. The van der Waals surface area contributed by atoms with Crippen molar-refractivity contribution in [1.82, 2.24) is 10.2 Å². The van der Waals surface area contributed by atoms with E-state index in [2.05, 4.69) is 17.1 Å².